The molecule has 0 saturated heterocycles. The molecule has 0 radical (unpaired) electrons. The molecule has 28 heavy (non-hydrogen) atoms. The van der Waals surface area contributed by atoms with Crippen LogP contribution in [0.25, 0.3) is 0 Å². The van der Waals surface area contributed by atoms with Gasteiger partial charge in [0.25, 0.3) is 0 Å². The average molecular weight is 369 g/mol. The van der Waals surface area contributed by atoms with E-state index >= 15 is 0 Å². The van der Waals surface area contributed by atoms with Gasteiger partial charge in [-0.25, -0.2) is 14.9 Å². The lowest BCUT2D eigenvalue weighted by molar-refractivity contribution is 0.429. The molecular weight excluding hydrogens is 357 g/mol. The SMILES string of the molecule is OB(O)C1=NC2=NC(c3ccccc3)=NC3=NC(c4ccccc4)=NC(=N1)N23. The minimum Gasteiger partial charge on any atom is -0.421 e. The van der Waals surface area contributed by atoms with E-state index in [9.17, 15) is 10.0 Å². The van der Waals surface area contributed by atoms with Crippen molar-refractivity contribution in [3.8, 4) is 0 Å². The molecule has 5 rings (SSSR count). The summed E-state index contributed by atoms with van der Waals surface area (Å²) < 4.78 is 0. The maximum absolute atomic E-state index is 9.57. The predicted octanol–water partition coefficient (Wildman–Crippen LogP) is 0.701. The van der Waals surface area contributed by atoms with Crippen molar-refractivity contribution in [3.05, 3.63) is 71.8 Å². The van der Waals surface area contributed by atoms with E-state index in [1.807, 2.05) is 60.7 Å². The molecule has 3 aliphatic heterocycles. The summed E-state index contributed by atoms with van der Waals surface area (Å²) in [7, 11) is -1.85. The minimum atomic E-state index is -1.85. The van der Waals surface area contributed by atoms with Crippen LogP contribution in [0.1, 0.15) is 11.1 Å². The van der Waals surface area contributed by atoms with Gasteiger partial charge in [0.2, 0.25) is 17.9 Å². The monoisotopic (exact) mass is 369 g/mol. The summed E-state index contributed by atoms with van der Waals surface area (Å²) in [6.45, 7) is 0. The molecule has 0 unspecified atom stereocenters. The zero-order chi connectivity index (χ0) is 19.1. The zero-order valence-electron chi connectivity index (χ0n) is 14.4. The van der Waals surface area contributed by atoms with Crippen LogP contribution in [0.4, 0.5) is 0 Å². The van der Waals surface area contributed by atoms with Crippen molar-refractivity contribution in [3.63, 3.8) is 0 Å². The number of aliphatic imine (C=N–C) groups is 6. The highest BCUT2D eigenvalue weighted by molar-refractivity contribution is 6.81. The smallest absolute Gasteiger partial charge is 0.421 e. The van der Waals surface area contributed by atoms with Gasteiger partial charge in [-0.15, -0.1) is 0 Å². The normalized spacial score (nSPS) is 17.4. The molecule has 2 N–H and O–H groups in total. The lowest BCUT2D eigenvalue weighted by atomic mass is 9.90. The van der Waals surface area contributed by atoms with Gasteiger partial charge in [0.15, 0.2) is 17.4 Å². The van der Waals surface area contributed by atoms with Crippen LogP contribution in [0, 0.1) is 0 Å². The van der Waals surface area contributed by atoms with Crippen molar-refractivity contribution in [2.24, 2.45) is 30.0 Å². The van der Waals surface area contributed by atoms with Gasteiger partial charge in [-0.2, -0.15) is 20.0 Å². The number of amidine groups is 3. The van der Waals surface area contributed by atoms with E-state index in [-0.39, 0.29) is 17.7 Å². The van der Waals surface area contributed by atoms with Crippen LogP contribution < -0.4 is 0 Å². The number of hydrogen-bond donors (Lipinski definition) is 2. The van der Waals surface area contributed by atoms with E-state index in [4.69, 9.17) is 0 Å². The molecule has 134 valence electrons. The predicted molar refractivity (Wildman–Crippen MR) is 108 cm³/mol. The lowest BCUT2D eigenvalue weighted by Gasteiger charge is -2.30. The second-order valence-electron chi connectivity index (χ2n) is 6.02. The minimum absolute atomic E-state index is 0.177. The fraction of sp³-hybridized carbons (Fsp3) is 0. The fourth-order valence-corrected chi connectivity index (χ4v) is 2.85. The molecule has 0 saturated carbocycles. The number of guanidine groups is 3. The summed E-state index contributed by atoms with van der Waals surface area (Å²) in [5.74, 6) is 1.49. The van der Waals surface area contributed by atoms with Gasteiger partial charge in [-0.05, 0) is 0 Å². The standard InChI is InChI=1S/C18H12BN7O2/c27-19(28)15-24-17-22-13(11-7-3-1-4-8-11)20-16-21-14(12-9-5-2-6-10-12)23-18(25-15)26(16)17/h1-10,27-28H. The highest BCUT2D eigenvalue weighted by Crippen LogP contribution is 2.21. The van der Waals surface area contributed by atoms with Crippen LogP contribution in [0.15, 0.2) is 90.6 Å². The molecule has 0 bridgehead atoms. The first-order chi connectivity index (χ1) is 13.7. The molecule has 0 aliphatic carbocycles. The van der Waals surface area contributed by atoms with E-state index in [0.717, 1.165) is 11.1 Å². The zero-order valence-corrected chi connectivity index (χ0v) is 14.4. The van der Waals surface area contributed by atoms with Crippen LogP contribution in [0.2, 0.25) is 0 Å². The Morgan fingerprint density at radius 1 is 0.571 bits per heavy atom. The number of nitrogens with zero attached hydrogens (tertiary/aromatic N) is 7. The van der Waals surface area contributed by atoms with E-state index in [1.54, 1.807) is 0 Å². The van der Waals surface area contributed by atoms with Gasteiger partial charge >= 0.3 is 7.12 Å². The summed E-state index contributed by atoms with van der Waals surface area (Å²) in [6.07, 6.45) is 0. The highest BCUT2D eigenvalue weighted by Gasteiger charge is 2.37. The Morgan fingerprint density at radius 3 is 1.54 bits per heavy atom. The van der Waals surface area contributed by atoms with E-state index in [1.165, 1.54) is 4.90 Å². The average Bonchev–Trinajstić information content (AvgIpc) is 2.74. The Morgan fingerprint density at radius 2 is 1.04 bits per heavy atom. The molecule has 2 aromatic carbocycles. The first-order valence-corrected chi connectivity index (χ1v) is 8.48. The van der Waals surface area contributed by atoms with E-state index in [2.05, 4.69) is 30.0 Å². The number of rotatable bonds is 3. The van der Waals surface area contributed by atoms with Crippen LogP contribution in [0.3, 0.4) is 0 Å². The number of hydrogen-bond acceptors (Lipinski definition) is 9. The summed E-state index contributed by atoms with van der Waals surface area (Å²) in [5.41, 5.74) is 1.37. The maximum Gasteiger partial charge on any atom is 0.528 e. The molecular formula is C18H12BN7O2. The second-order valence-corrected chi connectivity index (χ2v) is 6.02. The van der Waals surface area contributed by atoms with E-state index in [0.29, 0.717) is 17.6 Å². The molecule has 3 aliphatic rings. The summed E-state index contributed by atoms with van der Waals surface area (Å²) >= 11 is 0. The molecule has 2 aromatic rings. The quantitative estimate of drug-likeness (QED) is 0.776. The molecule has 0 aromatic heterocycles. The van der Waals surface area contributed by atoms with Crippen molar-refractivity contribution >= 4 is 42.4 Å². The van der Waals surface area contributed by atoms with E-state index < -0.39 is 7.12 Å². The molecule has 0 amide bonds. The molecule has 0 fully saturated rings. The Labute approximate surface area is 159 Å². The molecule has 0 spiro atoms. The van der Waals surface area contributed by atoms with Crippen LogP contribution in [0.5, 0.6) is 0 Å². The van der Waals surface area contributed by atoms with Gasteiger partial charge in [-0.3, -0.25) is 0 Å². The second kappa shape index (κ2) is 6.45. The summed E-state index contributed by atoms with van der Waals surface area (Å²) in [4.78, 5) is 27.7. The first kappa shape index (κ1) is 16.4. The Balaban J connectivity index is 1.70. The molecule has 10 heteroatoms. The Hall–Kier alpha value is -3.76. The number of benzene rings is 2. The van der Waals surface area contributed by atoms with Crippen LogP contribution >= 0.6 is 0 Å². The summed E-state index contributed by atoms with van der Waals surface area (Å²) in [6, 6.07) is 18.8. The van der Waals surface area contributed by atoms with Crippen molar-refractivity contribution < 1.29 is 10.0 Å². The lowest BCUT2D eigenvalue weighted by Crippen LogP contribution is -2.49. The molecule has 3 heterocycles. The maximum atomic E-state index is 9.57. The van der Waals surface area contributed by atoms with Crippen LogP contribution in [-0.4, -0.2) is 57.4 Å². The summed E-state index contributed by atoms with van der Waals surface area (Å²) in [5, 5.41) is 19.1. The highest BCUT2D eigenvalue weighted by atomic mass is 16.4. The third-order valence-electron chi connectivity index (χ3n) is 4.15. The Bertz CT molecular complexity index is 1100. The molecule has 9 nitrogen and oxygen atoms in total. The van der Waals surface area contributed by atoms with Gasteiger partial charge in [0.05, 0.1) is 0 Å². The van der Waals surface area contributed by atoms with Crippen molar-refractivity contribution in [1.82, 2.24) is 4.90 Å². The first-order valence-electron chi connectivity index (χ1n) is 8.48. The largest absolute Gasteiger partial charge is 0.528 e. The van der Waals surface area contributed by atoms with Crippen LogP contribution in [-0.2, 0) is 0 Å². The van der Waals surface area contributed by atoms with Gasteiger partial charge in [-0.1, -0.05) is 60.7 Å². The topological polar surface area (TPSA) is 118 Å². The van der Waals surface area contributed by atoms with Gasteiger partial charge in [0, 0.05) is 11.1 Å². The van der Waals surface area contributed by atoms with Crippen molar-refractivity contribution in [2.45, 2.75) is 0 Å². The molecule has 0 atom stereocenters. The third-order valence-corrected chi connectivity index (χ3v) is 4.15. The van der Waals surface area contributed by atoms with Crippen molar-refractivity contribution in [1.29, 1.82) is 0 Å². The van der Waals surface area contributed by atoms with Gasteiger partial charge < -0.3 is 10.0 Å². The Kier molecular flexibility index (Phi) is 3.78. The fourth-order valence-electron chi connectivity index (χ4n) is 2.85. The van der Waals surface area contributed by atoms with Crippen molar-refractivity contribution in [2.75, 3.05) is 0 Å². The van der Waals surface area contributed by atoms with Gasteiger partial charge in [0.1, 0.15) is 0 Å². The third kappa shape index (κ3) is 2.77.